The van der Waals surface area contributed by atoms with Gasteiger partial charge in [0.2, 0.25) is 0 Å². The molecule has 18 heavy (non-hydrogen) atoms. The predicted molar refractivity (Wildman–Crippen MR) is 68.7 cm³/mol. The van der Waals surface area contributed by atoms with Crippen molar-refractivity contribution < 1.29 is 14.3 Å². The average molecular weight is 246 g/mol. The summed E-state index contributed by atoms with van der Waals surface area (Å²) in [6, 6.07) is 4.64. The maximum absolute atomic E-state index is 13.6. The van der Waals surface area contributed by atoms with Gasteiger partial charge in [-0.05, 0) is 43.5 Å². The van der Waals surface area contributed by atoms with Crippen LogP contribution in [-0.2, 0) is 11.2 Å². The summed E-state index contributed by atoms with van der Waals surface area (Å²) in [5.41, 5.74) is 1.92. The summed E-state index contributed by atoms with van der Waals surface area (Å²) in [4.78, 5) is 10.4. The van der Waals surface area contributed by atoms with Crippen LogP contribution in [0.15, 0.2) is 29.8 Å². The molecule has 0 aliphatic rings. The zero-order chi connectivity index (χ0) is 13.5. The van der Waals surface area contributed by atoms with E-state index in [1.165, 1.54) is 6.07 Å². The number of aliphatic carboxylic acids is 1. The SMILES string of the molecule is C/C=C(\C)C#Cc1ccc(CCC(=O)O)c(F)c1. The van der Waals surface area contributed by atoms with Crippen molar-refractivity contribution in [1.29, 1.82) is 0 Å². The zero-order valence-corrected chi connectivity index (χ0v) is 10.5. The normalized spacial score (nSPS) is 10.7. The number of aryl methyl sites for hydroxylation is 1. The molecule has 0 bridgehead atoms. The van der Waals surface area contributed by atoms with E-state index in [2.05, 4.69) is 11.8 Å². The summed E-state index contributed by atoms with van der Waals surface area (Å²) in [6.07, 6.45) is 2.01. The summed E-state index contributed by atoms with van der Waals surface area (Å²) >= 11 is 0. The highest BCUT2D eigenvalue weighted by atomic mass is 19.1. The van der Waals surface area contributed by atoms with Crippen molar-refractivity contribution in [2.75, 3.05) is 0 Å². The molecule has 0 saturated carbocycles. The van der Waals surface area contributed by atoms with Gasteiger partial charge in [-0.15, -0.1) is 0 Å². The van der Waals surface area contributed by atoms with Crippen LogP contribution in [0.2, 0.25) is 0 Å². The van der Waals surface area contributed by atoms with Crippen LogP contribution in [0.3, 0.4) is 0 Å². The monoisotopic (exact) mass is 246 g/mol. The van der Waals surface area contributed by atoms with Crippen molar-refractivity contribution >= 4 is 5.97 Å². The van der Waals surface area contributed by atoms with Gasteiger partial charge in [-0.25, -0.2) is 4.39 Å². The molecule has 0 aliphatic heterocycles. The second-order valence-corrected chi connectivity index (χ2v) is 3.92. The lowest BCUT2D eigenvalue weighted by molar-refractivity contribution is -0.136. The third kappa shape index (κ3) is 4.42. The van der Waals surface area contributed by atoms with Crippen LogP contribution in [0.5, 0.6) is 0 Å². The van der Waals surface area contributed by atoms with Crippen molar-refractivity contribution in [2.45, 2.75) is 26.7 Å². The lowest BCUT2D eigenvalue weighted by Gasteiger charge is -2.01. The summed E-state index contributed by atoms with van der Waals surface area (Å²) in [7, 11) is 0. The Kier molecular flexibility index (Phi) is 5.13. The van der Waals surface area contributed by atoms with Crippen LogP contribution in [0.4, 0.5) is 4.39 Å². The van der Waals surface area contributed by atoms with Crippen LogP contribution in [-0.4, -0.2) is 11.1 Å². The number of allylic oxidation sites excluding steroid dienone is 2. The minimum absolute atomic E-state index is 0.0698. The molecule has 0 aliphatic carbocycles. The molecule has 1 N–H and O–H groups in total. The van der Waals surface area contributed by atoms with Crippen molar-refractivity contribution in [3.8, 4) is 11.8 Å². The van der Waals surface area contributed by atoms with E-state index in [1.807, 2.05) is 19.9 Å². The smallest absolute Gasteiger partial charge is 0.303 e. The van der Waals surface area contributed by atoms with Gasteiger partial charge in [-0.1, -0.05) is 24.0 Å². The number of carbonyl (C=O) groups is 1. The highest BCUT2D eigenvalue weighted by molar-refractivity contribution is 5.67. The molecule has 94 valence electrons. The Labute approximate surface area is 106 Å². The summed E-state index contributed by atoms with van der Waals surface area (Å²) < 4.78 is 13.6. The molecule has 0 aromatic heterocycles. The molecule has 2 nitrogen and oxygen atoms in total. The number of carboxylic acids is 1. The van der Waals surface area contributed by atoms with Gasteiger partial charge in [-0.3, -0.25) is 4.79 Å². The van der Waals surface area contributed by atoms with Gasteiger partial charge in [0, 0.05) is 12.0 Å². The number of hydrogen-bond donors (Lipinski definition) is 1. The Morgan fingerprint density at radius 3 is 2.78 bits per heavy atom. The molecule has 0 amide bonds. The number of halogens is 1. The predicted octanol–water partition coefficient (Wildman–Crippen LogP) is 3.16. The number of carboxylic acid groups (broad SMARTS) is 1. The van der Waals surface area contributed by atoms with Crippen molar-refractivity contribution in [3.05, 3.63) is 46.8 Å². The fourth-order valence-corrected chi connectivity index (χ4v) is 1.31. The molecule has 0 atom stereocenters. The standard InChI is InChI=1S/C15H15FO2/c1-3-11(2)4-5-12-6-7-13(14(16)10-12)8-9-15(17)18/h3,6-7,10H,8-9H2,1-2H3,(H,17,18)/b11-3+. The molecule has 1 rings (SSSR count). The van der Waals surface area contributed by atoms with Crippen molar-refractivity contribution in [3.63, 3.8) is 0 Å². The first-order chi connectivity index (χ1) is 8.52. The zero-order valence-electron chi connectivity index (χ0n) is 10.5. The minimum atomic E-state index is -0.929. The maximum atomic E-state index is 13.6. The second kappa shape index (κ2) is 6.61. The molecule has 1 aromatic rings. The number of benzene rings is 1. The molecule has 0 radical (unpaired) electrons. The van der Waals surface area contributed by atoms with Crippen LogP contribution >= 0.6 is 0 Å². The van der Waals surface area contributed by atoms with Gasteiger partial charge in [0.25, 0.3) is 0 Å². The largest absolute Gasteiger partial charge is 0.481 e. The first-order valence-corrected chi connectivity index (χ1v) is 5.68. The van der Waals surface area contributed by atoms with Gasteiger partial charge in [0.1, 0.15) is 5.82 Å². The highest BCUT2D eigenvalue weighted by Crippen LogP contribution is 2.12. The fraction of sp³-hybridized carbons (Fsp3) is 0.267. The fourth-order valence-electron chi connectivity index (χ4n) is 1.31. The van der Waals surface area contributed by atoms with Crippen LogP contribution in [0.1, 0.15) is 31.4 Å². The van der Waals surface area contributed by atoms with Crippen LogP contribution in [0.25, 0.3) is 0 Å². The molecule has 0 heterocycles. The maximum Gasteiger partial charge on any atom is 0.303 e. The van der Waals surface area contributed by atoms with E-state index in [9.17, 15) is 9.18 Å². The average Bonchev–Trinajstić information content (AvgIpc) is 2.34. The van der Waals surface area contributed by atoms with Crippen LogP contribution in [0, 0.1) is 17.7 Å². The Balaban J connectivity index is 2.84. The van der Waals surface area contributed by atoms with Crippen molar-refractivity contribution in [1.82, 2.24) is 0 Å². The summed E-state index contributed by atoms with van der Waals surface area (Å²) in [5.74, 6) is 4.42. The lowest BCUT2D eigenvalue weighted by Crippen LogP contribution is -1.99. The van der Waals surface area contributed by atoms with Crippen molar-refractivity contribution in [2.24, 2.45) is 0 Å². The van der Waals surface area contributed by atoms with E-state index >= 15 is 0 Å². The number of rotatable bonds is 3. The number of hydrogen-bond acceptors (Lipinski definition) is 1. The molecule has 0 saturated heterocycles. The Morgan fingerprint density at radius 1 is 1.50 bits per heavy atom. The summed E-state index contributed by atoms with van der Waals surface area (Å²) in [5, 5.41) is 8.54. The Morgan fingerprint density at radius 2 is 2.22 bits per heavy atom. The Bertz CT molecular complexity index is 533. The minimum Gasteiger partial charge on any atom is -0.481 e. The molecule has 0 unspecified atom stereocenters. The van der Waals surface area contributed by atoms with Gasteiger partial charge in [-0.2, -0.15) is 0 Å². The Hall–Kier alpha value is -2.08. The van der Waals surface area contributed by atoms with Gasteiger partial charge in [0.05, 0.1) is 0 Å². The molecule has 3 heteroatoms. The van der Waals surface area contributed by atoms with E-state index in [4.69, 9.17) is 5.11 Å². The quantitative estimate of drug-likeness (QED) is 0.832. The first kappa shape index (κ1) is 14.0. The first-order valence-electron chi connectivity index (χ1n) is 5.68. The van der Waals surface area contributed by atoms with E-state index in [0.717, 1.165) is 5.57 Å². The topological polar surface area (TPSA) is 37.3 Å². The van der Waals surface area contributed by atoms with Crippen LogP contribution < -0.4 is 0 Å². The van der Waals surface area contributed by atoms with E-state index in [0.29, 0.717) is 11.1 Å². The molecule has 0 spiro atoms. The molecular formula is C15H15FO2. The van der Waals surface area contributed by atoms with E-state index < -0.39 is 11.8 Å². The van der Waals surface area contributed by atoms with Gasteiger partial charge in [0.15, 0.2) is 0 Å². The van der Waals surface area contributed by atoms with Gasteiger partial charge < -0.3 is 5.11 Å². The third-order valence-corrected chi connectivity index (χ3v) is 2.50. The second-order valence-electron chi connectivity index (χ2n) is 3.92. The van der Waals surface area contributed by atoms with E-state index in [1.54, 1.807) is 12.1 Å². The highest BCUT2D eigenvalue weighted by Gasteiger charge is 2.05. The summed E-state index contributed by atoms with van der Waals surface area (Å²) in [6.45, 7) is 3.77. The lowest BCUT2D eigenvalue weighted by atomic mass is 10.1. The molecular weight excluding hydrogens is 231 g/mol. The van der Waals surface area contributed by atoms with Gasteiger partial charge >= 0.3 is 5.97 Å². The molecule has 1 aromatic carbocycles. The van der Waals surface area contributed by atoms with E-state index in [-0.39, 0.29) is 12.8 Å². The molecule has 0 fully saturated rings. The third-order valence-electron chi connectivity index (χ3n) is 2.50.